The summed E-state index contributed by atoms with van der Waals surface area (Å²) in [5, 5.41) is 12.8. The van der Waals surface area contributed by atoms with Crippen molar-refractivity contribution in [2.75, 3.05) is 20.3 Å². The van der Waals surface area contributed by atoms with E-state index in [9.17, 15) is 5.11 Å². The minimum Gasteiger partial charge on any atom is -0.496 e. The summed E-state index contributed by atoms with van der Waals surface area (Å²) in [6.45, 7) is 3.35. The van der Waals surface area contributed by atoms with Crippen molar-refractivity contribution in [1.82, 2.24) is 5.32 Å². The number of ether oxygens (including phenoxy) is 1. The smallest absolute Gasteiger partial charge is 0.121 e. The molecule has 0 radical (unpaired) electrons. The normalized spacial score (nSPS) is 24.6. The van der Waals surface area contributed by atoms with Gasteiger partial charge < -0.3 is 15.2 Å². The number of hydrogen-bond donors (Lipinski definition) is 2. The van der Waals surface area contributed by atoms with E-state index in [0.29, 0.717) is 18.6 Å². The monoisotopic (exact) mass is 235 g/mol. The zero-order valence-corrected chi connectivity index (χ0v) is 10.6. The van der Waals surface area contributed by atoms with E-state index in [0.717, 1.165) is 30.7 Å². The molecule has 0 bridgehead atoms. The van der Waals surface area contributed by atoms with Crippen LogP contribution in [-0.2, 0) is 0 Å². The van der Waals surface area contributed by atoms with Crippen molar-refractivity contribution in [2.24, 2.45) is 5.92 Å². The summed E-state index contributed by atoms with van der Waals surface area (Å²) in [4.78, 5) is 0. The fourth-order valence-electron chi connectivity index (χ4n) is 2.53. The van der Waals surface area contributed by atoms with Gasteiger partial charge in [-0.2, -0.15) is 0 Å². The molecule has 2 unspecified atom stereocenters. The predicted molar refractivity (Wildman–Crippen MR) is 68.3 cm³/mol. The number of rotatable bonds is 3. The van der Waals surface area contributed by atoms with Crippen molar-refractivity contribution < 1.29 is 9.84 Å². The van der Waals surface area contributed by atoms with Crippen LogP contribution in [0.1, 0.15) is 30.0 Å². The Labute approximate surface area is 103 Å². The molecule has 2 rings (SSSR count). The van der Waals surface area contributed by atoms with Crippen LogP contribution in [0, 0.1) is 12.8 Å². The molecule has 1 aliphatic heterocycles. The molecular formula is C14H21NO2. The van der Waals surface area contributed by atoms with Crippen LogP contribution in [0.15, 0.2) is 18.2 Å². The van der Waals surface area contributed by atoms with Crippen molar-refractivity contribution in [3.8, 4) is 5.75 Å². The van der Waals surface area contributed by atoms with E-state index in [-0.39, 0.29) is 0 Å². The van der Waals surface area contributed by atoms with E-state index in [2.05, 4.69) is 24.4 Å². The van der Waals surface area contributed by atoms with Gasteiger partial charge in [-0.15, -0.1) is 0 Å². The van der Waals surface area contributed by atoms with Crippen molar-refractivity contribution in [1.29, 1.82) is 0 Å². The molecule has 94 valence electrons. The molecule has 0 aromatic heterocycles. The third-order valence-electron chi connectivity index (χ3n) is 3.59. The van der Waals surface area contributed by atoms with Gasteiger partial charge in [-0.25, -0.2) is 0 Å². The minimum absolute atomic E-state index is 0.299. The maximum atomic E-state index is 9.24. The first-order valence-electron chi connectivity index (χ1n) is 6.23. The van der Waals surface area contributed by atoms with E-state index >= 15 is 0 Å². The van der Waals surface area contributed by atoms with Gasteiger partial charge in [0, 0.05) is 12.6 Å². The average molecular weight is 235 g/mol. The van der Waals surface area contributed by atoms with Crippen LogP contribution >= 0.6 is 0 Å². The summed E-state index contributed by atoms with van der Waals surface area (Å²) in [6.07, 6.45) is 2.09. The Hall–Kier alpha value is -1.06. The van der Waals surface area contributed by atoms with Gasteiger partial charge in [0.05, 0.1) is 7.11 Å². The molecule has 1 aliphatic rings. The highest BCUT2D eigenvalue weighted by molar-refractivity contribution is 5.37. The van der Waals surface area contributed by atoms with Crippen LogP contribution < -0.4 is 10.1 Å². The first kappa shape index (κ1) is 12.4. The SMILES string of the molecule is COc1ccc(C2CC(CO)CCN2)cc1C. The summed E-state index contributed by atoms with van der Waals surface area (Å²) in [5.74, 6) is 1.37. The molecule has 2 atom stereocenters. The van der Waals surface area contributed by atoms with Gasteiger partial charge in [0.2, 0.25) is 0 Å². The molecule has 1 saturated heterocycles. The Morgan fingerprint density at radius 3 is 2.94 bits per heavy atom. The van der Waals surface area contributed by atoms with Crippen molar-refractivity contribution in [2.45, 2.75) is 25.8 Å². The lowest BCUT2D eigenvalue weighted by atomic mass is 9.89. The molecule has 0 aliphatic carbocycles. The Kier molecular flexibility index (Phi) is 4.02. The number of aryl methyl sites for hydroxylation is 1. The van der Waals surface area contributed by atoms with Crippen LogP contribution in [0.25, 0.3) is 0 Å². The number of methoxy groups -OCH3 is 1. The molecule has 1 aromatic carbocycles. The summed E-state index contributed by atoms with van der Waals surface area (Å²) < 4.78 is 5.27. The third kappa shape index (κ3) is 2.79. The van der Waals surface area contributed by atoms with E-state index in [4.69, 9.17) is 4.74 Å². The molecule has 1 heterocycles. The van der Waals surface area contributed by atoms with Crippen LogP contribution in [0.2, 0.25) is 0 Å². The van der Waals surface area contributed by atoms with E-state index in [1.54, 1.807) is 7.11 Å². The van der Waals surface area contributed by atoms with E-state index in [1.807, 2.05) is 6.07 Å². The fraction of sp³-hybridized carbons (Fsp3) is 0.571. The van der Waals surface area contributed by atoms with Gasteiger partial charge in [0.15, 0.2) is 0 Å². The van der Waals surface area contributed by atoms with Gasteiger partial charge in [-0.3, -0.25) is 0 Å². The van der Waals surface area contributed by atoms with Gasteiger partial charge in [-0.05, 0) is 49.4 Å². The van der Waals surface area contributed by atoms with Gasteiger partial charge in [-0.1, -0.05) is 12.1 Å². The molecule has 1 fully saturated rings. The first-order valence-corrected chi connectivity index (χ1v) is 6.23. The van der Waals surface area contributed by atoms with Crippen molar-refractivity contribution in [3.63, 3.8) is 0 Å². The number of aliphatic hydroxyl groups excluding tert-OH is 1. The third-order valence-corrected chi connectivity index (χ3v) is 3.59. The van der Waals surface area contributed by atoms with Crippen molar-refractivity contribution in [3.05, 3.63) is 29.3 Å². The highest BCUT2D eigenvalue weighted by atomic mass is 16.5. The van der Waals surface area contributed by atoms with Gasteiger partial charge in [0.1, 0.15) is 5.75 Å². The summed E-state index contributed by atoms with van der Waals surface area (Å²) in [7, 11) is 1.70. The topological polar surface area (TPSA) is 41.5 Å². The Morgan fingerprint density at radius 1 is 1.47 bits per heavy atom. The molecule has 3 heteroatoms. The highest BCUT2D eigenvalue weighted by Crippen LogP contribution is 2.29. The van der Waals surface area contributed by atoms with E-state index in [1.165, 1.54) is 5.56 Å². The van der Waals surface area contributed by atoms with Crippen molar-refractivity contribution >= 4 is 0 Å². The highest BCUT2D eigenvalue weighted by Gasteiger charge is 2.22. The largest absolute Gasteiger partial charge is 0.496 e. The quantitative estimate of drug-likeness (QED) is 0.842. The van der Waals surface area contributed by atoms with Gasteiger partial charge in [0.25, 0.3) is 0 Å². The zero-order valence-electron chi connectivity index (χ0n) is 10.6. The molecule has 0 amide bonds. The maximum absolute atomic E-state index is 9.24. The molecule has 2 N–H and O–H groups in total. The number of benzene rings is 1. The second-order valence-corrected chi connectivity index (χ2v) is 4.81. The zero-order chi connectivity index (χ0) is 12.3. The van der Waals surface area contributed by atoms with Crippen LogP contribution in [-0.4, -0.2) is 25.4 Å². The second-order valence-electron chi connectivity index (χ2n) is 4.81. The lowest BCUT2D eigenvalue weighted by molar-refractivity contribution is 0.176. The summed E-state index contributed by atoms with van der Waals surface area (Å²) in [6, 6.07) is 6.68. The number of nitrogens with one attached hydrogen (secondary N) is 1. The Bertz CT molecular complexity index is 378. The summed E-state index contributed by atoms with van der Waals surface area (Å²) >= 11 is 0. The number of aliphatic hydroxyl groups is 1. The Morgan fingerprint density at radius 2 is 2.29 bits per heavy atom. The minimum atomic E-state index is 0.299. The van der Waals surface area contributed by atoms with Crippen LogP contribution in [0.5, 0.6) is 5.75 Å². The van der Waals surface area contributed by atoms with Gasteiger partial charge >= 0.3 is 0 Å². The summed E-state index contributed by atoms with van der Waals surface area (Å²) in [5.41, 5.74) is 2.46. The average Bonchev–Trinajstić information content (AvgIpc) is 2.38. The number of piperidine rings is 1. The maximum Gasteiger partial charge on any atom is 0.121 e. The second kappa shape index (κ2) is 5.52. The molecule has 0 saturated carbocycles. The fourth-order valence-corrected chi connectivity index (χ4v) is 2.53. The predicted octanol–water partition coefficient (Wildman–Crippen LogP) is 2.04. The molecular weight excluding hydrogens is 214 g/mol. The molecule has 3 nitrogen and oxygen atoms in total. The standard InChI is InChI=1S/C14H21NO2/c1-10-7-12(3-4-14(10)17-2)13-8-11(9-16)5-6-15-13/h3-4,7,11,13,15-16H,5-6,8-9H2,1-2H3. The first-order chi connectivity index (χ1) is 8.24. The lowest BCUT2D eigenvalue weighted by Crippen LogP contribution is -2.33. The molecule has 1 aromatic rings. The number of hydrogen-bond acceptors (Lipinski definition) is 3. The lowest BCUT2D eigenvalue weighted by Gasteiger charge is -2.30. The van der Waals surface area contributed by atoms with Crippen LogP contribution in [0.3, 0.4) is 0 Å². The van der Waals surface area contributed by atoms with Crippen LogP contribution in [0.4, 0.5) is 0 Å². The van der Waals surface area contributed by atoms with E-state index < -0.39 is 0 Å². The Balaban J connectivity index is 2.13. The molecule has 0 spiro atoms. The molecule has 17 heavy (non-hydrogen) atoms.